The molecule has 1 aromatic rings. The Morgan fingerprint density at radius 1 is 1.29 bits per heavy atom. The van der Waals surface area contributed by atoms with Crippen LogP contribution >= 0.6 is 15.9 Å². The van der Waals surface area contributed by atoms with E-state index in [1.54, 1.807) is 0 Å². The Balaban J connectivity index is 1.89. The molecule has 0 saturated heterocycles. The highest BCUT2D eigenvalue weighted by Gasteiger charge is 2.24. The van der Waals surface area contributed by atoms with Crippen LogP contribution in [0.4, 0.5) is 0 Å². The molecular weight excluding hydrogens is 274 g/mol. The van der Waals surface area contributed by atoms with E-state index in [1.165, 1.54) is 31.2 Å². The van der Waals surface area contributed by atoms with Gasteiger partial charge in [0.25, 0.3) is 0 Å². The minimum Gasteiger partial charge on any atom is -0.307 e. The highest BCUT2D eigenvalue weighted by molar-refractivity contribution is 9.10. The monoisotopic (exact) mass is 295 g/mol. The van der Waals surface area contributed by atoms with E-state index in [0.717, 1.165) is 16.4 Å². The third kappa shape index (κ3) is 3.56. The maximum Gasteiger partial charge on any atom is 0.0294 e. The summed E-state index contributed by atoms with van der Waals surface area (Å²) in [5.74, 6) is 0.949. The minimum absolute atomic E-state index is 0.462. The zero-order valence-electron chi connectivity index (χ0n) is 10.7. The van der Waals surface area contributed by atoms with Crippen LogP contribution < -0.4 is 5.32 Å². The number of halogens is 1. The summed E-state index contributed by atoms with van der Waals surface area (Å²) >= 11 is 3.48. The second-order valence-corrected chi connectivity index (χ2v) is 6.14. The smallest absolute Gasteiger partial charge is 0.0294 e. The van der Waals surface area contributed by atoms with Crippen molar-refractivity contribution in [2.24, 2.45) is 5.92 Å². The lowest BCUT2D eigenvalue weighted by atomic mass is 10.0. The summed E-state index contributed by atoms with van der Waals surface area (Å²) in [4.78, 5) is 0. The Morgan fingerprint density at radius 3 is 2.59 bits per heavy atom. The fourth-order valence-corrected chi connectivity index (χ4v) is 3.06. The molecule has 1 aliphatic rings. The number of nitrogens with one attached hydrogen (secondary N) is 1. The average Bonchev–Trinajstić information content (AvgIpc) is 2.77. The zero-order valence-corrected chi connectivity index (χ0v) is 12.3. The van der Waals surface area contributed by atoms with E-state index < -0.39 is 0 Å². The maximum atomic E-state index is 3.76. The van der Waals surface area contributed by atoms with Crippen LogP contribution in [-0.2, 0) is 0 Å². The number of hydrogen-bond donors (Lipinski definition) is 1. The van der Waals surface area contributed by atoms with Gasteiger partial charge in [-0.25, -0.2) is 0 Å². The molecular formula is C15H22BrN. The van der Waals surface area contributed by atoms with Gasteiger partial charge >= 0.3 is 0 Å². The Hall–Kier alpha value is -0.340. The largest absolute Gasteiger partial charge is 0.307 e. The third-order valence-corrected chi connectivity index (χ3v) is 4.50. The van der Waals surface area contributed by atoms with Crippen molar-refractivity contribution in [1.82, 2.24) is 5.32 Å². The predicted molar refractivity (Wildman–Crippen MR) is 77.1 cm³/mol. The van der Waals surface area contributed by atoms with E-state index in [1.807, 2.05) is 0 Å². The van der Waals surface area contributed by atoms with Crippen molar-refractivity contribution < 1.29 is 0 Å². The SMILES string of the molecule is CCC1CCC(NC(C)c2ccc(Br)cc2)C1. The standard InChI is InChI=1S/C15H22BrN/c1-3-12-4-9-15(10-12)17-11(2)13-5-7-14(16)8-6-13/h5-8,11-12,15,17H,3-4,9-10H2,1-2H3. The Bertz CT molecular complexity index is 346. The summed E-state index contributed by atoms with van der Waals surface area (Å²) in [5, 5.41) is 3.76. The molecule has 0 radical (unpaired) electrons. The Morgan fingerprint density at radius 2 is 2.00 bits per heavy atom. The summed E-state index contributed by atoms with van der Waals surface area (Å²) in [6, 6.07) is 9.83. The van der Waals surface area contributed by atoms with Gasteiger partial charge in [0.1, 0.15) is 0 Å². The molecule has 1 aromatic carbocycles. The average molecular weight is 296 g/mol. The molecule has 1 aliphatic carbocycles. The Kier molecular flexibility index (Phi) is 4.63. The topological polar surface area (TPSA) is 12.0 Å². The van der Waals surface area contributed by atoms with Crippen LogP contribution in [0, 0.1) is 5.92 Å². The van der Waals surface area contributed by atoms with Gasteiger partial charge in [-0.2, -0.15) is 0 Å². The van der Waals surface area contributed by atoms with Crippen molar-refractivity contribution in [3.8, 4) is 0 Å². The Labute approximate surface area is 113 Å². The highest BCUT2D eigenvalue weighted by atomic mass is 79.9. The predicted octanol–water partition coefficient (Wildman–Crippen LogP) is 4.68. The molecule has 94 valence electrons. The molecule has 1 fully saturated rings. The van der Waals surface area contributed by atoms with Gasteiger partial charge in [0.15, 0.2) is 0 Å². The van der Waals surface area contributed by atoms with Crippen LogP contribution in [0.2, 0.25) is 0 Å². The van der Waals surface area contributed by atoms with Crippen LogP contribution in [0.5, 0.6) is 0 Å². The van der Waals surface area contributed by atoms with Crippen molar-refractivity contribution in [2.45, 2.75) is 51.6 Å². The van der Waals surface area contributed by atoms with Gasteiger partial charge in [-0.05, 0) is 49.8 Å². The van der Waals surface area contributed by atoms with Crippen LogP contribution in [0.3, 0.4) is 0 Å². The molecule has 17 heavy (non-hydrogen) atoms. The van der Waals surface area contributed by atoms with E-state index in [4.69, 9.17) is 0 Å². The van der Waals surface area contributed by atoms with Gasteiger partial charge in [-0.15, -0.1) is 0 Å². The molecule has 0 aliphatic heterocycles. The summed E-state index contributed by atoms with van der Waals surface area (Å²) in [6.07, 6.45) is 5.45. The molecule has 1 saturated carbocycles. The molecule has 0 heterocycles. The maximum absolute atomic E-state index is 3.76. The first-order valence-corrected chi connectivity index (χ1v) is 7.50. The van der Waals surface area contributed by atoms with Gasteiger partial charge in [0, 0.05) is 16.6 Å². The molecule has 1 nitrogen and oxygen atoms in total. The fourth-order valence-electron chi connectivity index (χ4n) is 2.80. The molecule has 2 rings (SSSR count). The van der Waals surface area contributed by atoms with Gasteiger partial charge in [0.05, 0.1) is 0 Å². The molecule has 0 amide bonds. The first-order chi connectivity index (χ1) is 8.19. The van der Waals surface area contributed by atoms with Crippen molar-refractivity contribution in [3.63, 3.8) is 0 Å². The third-order valence-electron chi connectivity index (χ3n) is 3.97. The van der Waals surface area contributed by atoms with E-state index >= 15 is 0 Å². The lowest BCUT2D eigenvalue weighted by Gasteiger charge is -2.20. The lowest BCUT2D eigenvalue weighted by molar-refractivity contribution is 0.437. The van der Waals surface area contributed by atoms with Gasteiger partial charge in [0.2, 0.25) is 0 Å². The normalized spacial score (nSPS) is 26.1. The van der Waals surface area contributed by atoms with Crippen molar-refractivity contribution in [3.05, 3.63) is 34.3 Å². The van der Waals surface area contributed by atoms with E-state index in [2.05, 4.69) is 59.4 Å². The summed E-state index contributed by atoms with van der Waals surface area (Å²) in [5.41, 5.74) is 1.38. The lowest BCUT2D eigenvalue weighted by Crippen LogP contribution is -2.29. The quantitative estimate of drug-likeness (QED) is 0.850. The molecule has 0 bridgehead atoms. The number of benzene rings is 1. The molecule has 3 unspecified atom stereocenters. The number of rotatable bonds is 4. The second kappa shape index (κ2) is 6.01. The number of hydrogen-bond acceptors (Lipinski definition) is 1. The zero-order chi connectivity index (χ0) is 12.3. The van der Waals surface area contributed by atoms with Crippen molar-refractivity contribution in [1.29, 1.82) is 0 Å². The minimum atomic E-state index is 0.462. The highest BCUT2D eigenvalue weighted by Crippen LogP contribution is 2.29. The van der Waals surface area contributed by atoms with Gasteiger partial charge in [-0.1, -0.05) is 41.4 Å². The first-order valence-electron chi connectivity index (χ1n) is 6.70. The van der Waals surface area contributed by atoms with Crippen LogP contribution in [0.1, 0.15) is 51.1 Å². The van der Waals surface area contributed by atoms with E-state index in [-0.39, 0.29) is 0 Å². The van der Waals surface area contributed by atoms with Crippen molar-refractivity contribution in [2.75, 3.05) is 0 Å². The molecule has 0 spiro atoms. The molecule has 0 aromatic heterocycles. The van der Waals surface area contributed by atoms with Crippen LogP contribution in [-0.4, -0.2) is 6.04 Å². The first kappa shape index (κ1) is 13.1. The summed E-state index contributed by atoms with van der Waals surface area (Å²) in [7, 11) is 0. The summed E-state index contributed by atoms with van der Waals surface area (Å²) in [6.45, 7) is 4.58. The van der Waals surface area contributed by atoms with Crippen molar-refractivity contribution >= 4 is 15.9 Å². The summed E-state index contributed by atoms with van der Waals surface area (Å²) < 4.78 is 1.15. The van der Waals surface area contributed by atoms with E-state index in [0.29, 0.717) is 6.04 Å². The van der Waals surface area contributed by atoms with Crippen LogP contribution in [0.25, 0.3) is 0 Å². The molecule has 1 N–H and O–H groups in total. The molecule has 2 heteroatoms. The van der Waals surface area contributed by atoms with Crippen LogP contribution in [0.15, 0.2) is 28.7 Å². The molecule has 3 atom stereocenters. The van der Waals surface area contributed by atoms with Gasteiger partial charge < -0.3 is 5.32 Å². The van der Waals surface area contributed by atoms with E-state index in [9.17, 15) is 0 Å². The fraction of sp³-hybridized carbons (Fsp3) is 0.600. The second-order valence-electron chi connectivity index (χ2n) is 5.22. The van der Waals surface area contributed by atoms with Gasteiger partial charge in [-0.3, -0.25) is 0 Å².